The van der Waals surface area contributed by atoms with Crippen molar-refractivity contribution in [1.29, 1.82) is 0 Å². The molecule has 0 saturated carbocycles. The van der Waals surface area contributed by atoms with Gasteiger partial charge < -0.3 is 5.32 Å². The number of nitrogens with one attached hydrogen (secondary N) is 1. The predicted molar refractivity (Wildman–Crippen MR) is 33.4 cm³/mol. The molecule has 0 unspecified atom stereocenters. The zero-order chi connectivity index (χ0) is 6.78. The van der Waals surface area contributed by atoms with E-state index in [-0.39, 0.29) is 0 Å². The van der Waals surface area contributed by atoms with Crippen LogP contribution >= 0.6 is 0 Å². The molecule has 0 radical (unpaired) electrons. The highest BCUT2D eigenvalue weighted by Gasteiger charge is 2.09. The molecule has 0 heterocycles. The van der Waals surface area contributed by atoms with Crippen LogP contribution in [0.1, 0.15) is 6.92 Å². The number of hydrogen-bond donors (Lipinski definition) is 1. The van der Waals surface area contributed by atoms with Gasteiger partial charge in [0.15, 0.2) is 9.84 Å². The minimum atomic E-state index is -2.86. The standard InChI is InChI=1S/C4H11NO2S/c1-4(5-2)8(3,6)7/h4-5H,1-3H3/t4-/m0/s1. The molecule has 4 heteroatoms. The summed E-state index contributed by atoms with van der Waals surface area (Å²) in [6.07, 6.45) is 1.20. The van der Waals surface area contributed by atoms with Crippen molar-refractivity contribution in [2.24, 2.45) is 0 Å². The minimum Gasteiger partial charge on any atom is -0.304 e. The zero-order valence-corrected chi connectivity index (χ0v) is 6.12. The van der Waals surface area contributed by atoms with E-state index >= 15 is 0 Å². The molecule has 50 valence electrons. The highest BCUT2D eigenvalue weighted by Crippen LogP contribution is 1.89. The lowest BCUT2D eigenvalue weighted by Gasteiger charge is -2.04. The second-order valence-electron chi connectivity index (χ2n) is 1.76. The summed E-state index contributed by atoms with van der Waals surface area (Å²) in [7, 11) is -1.25. The molecule has 0 spiro atoms. The smallest absolute Gasteiger partial charge is 0.162 e. The molecule has 0 saturated heterocycles. The highest BCUT2D eigenvalue weighted by molar-refractivity contribution is 7.91. The summed E-state index contributed by atoms with van der Waals surface area (Å²) in [6.45, 7) is 1.61. The molecule has 1 atom stereocenters. The van der Waals surface area contributed by atoms with Crippen LogP contribution in [0.25, 0.3) is 0 Å². The van der Waals surface area contributed by atoms with Crippen LogP contribution in [-0.2, 0) is 9.84 Å². The highest BCUT2D eigenvalue weighted by atomic mass is 32.2. The van der Waals surface area contributed by atoms with Gasteiger partial charge in [0, 0.05) is 6.26 Å². The molecule has 0 aromatic carbocycles. The van der Waals surface area contributed by atoms with Crippen molar-refractivity contribution in [2.75, 3.05) is 13.3 Å². The molecule has 0 amide bonds. The van der Waals surface area contributed by atoms with E-state index in [9.17, 15) is 8.42 Å². The van der Waals surface area contributed by atoms with Crippen LogP contribution in [0.4, 0.5) is 0 Å². The van der Waals surface area contributed by atoms with E-state index in [0.29, 0.717) is 0 Å². The fourth-order valence-electron chi connectivity index (χ4n) is 0.214. The van der Waals surface area contributed by atoms with Crippen molar-refractivity contribution in [3.05, 3.63) is 0 Å². The summed E-state index contributed by atoms with van der Waals surface area (Å²) >= 11 is 0. The van der Waals surface area contributed by atoms with E-state index in [4.69, 9.17) is 0 Å². The van der Waals surface area contributed by atoms with Gasteiger partial charge in [0.25, 0.3) is 0 Å². The van der Waals surface area contributed by atoms with Crippen LogP contribution in [0.2, 0.25) is 0 Å². The Bertz CT molecular complexity index is 149. The largest absolute Gasteiger partial charge is 0.304 e. The average Bonchev–Trinajstić information content (AvgIpc) is 1.62. The molecule has 0 rings (SSSR count). The van der Waals surface area contributed by atoms with Gasteiger partial charge in [-0.25, -0.2) is 8.42 Å². The lowest BCUT2D eigenvalue weighted by molar-refractivity contribution is 0.579. The average molecular weight is 137 g/mol. The summed E-state index contributed by atoms with van der Waals surface area (Å²) < 4.78 is 21.0. The van der Waals surface area contributed by atoms with Gasteiger partial charge in [-0.15, -0.1) is 0 Å². The van der Waals surface area contributed by atoms with Crippen molar-refractivity contribution in [2.45, 2.75) is 12.3 Å². The normalized spacial score (nSPS) is 15.9. The van der Waals surface area contributed by atoms with Gasteiger partial charge in [0.05, 0.1) is 0 Å². The first kappa shape index (κ1) is 7.91. The van der Waals surface area contributed by atoms with Gasteiger partial charge in [0.1, 0.15) is 5.37 Å². The summed E-state index contributed by atoms with van der Waals surface area (Å²) in [6, 6.07) is 0. The first-order chi connectivity index (χ1) is 3.48. The predicted octanol–water partition coefficient (Wildman–Crippen LogP) is -0.404. The Labute approximate surface area is 50.0 Å². The van der Waals surface area contributed by atoms with Crippen LogP contribution in [-0.4, -0.2) is 27.1 Å². The zero-order valence-electron chi connectivity index (χ0n) is 5.30. The molecule has 0 fully saturated rings. The van der Waals surface area contributed by atoms with Crippen LogP contribution in [0.15, 0.2) is 0 Å². The van der Waals surface area contributed by atoms with Crippen molar-refractivity contribution >= 4 is 9.84 Å². The Hall–Kier alpha value is -0.0900. The van der Waals surface area contributed by atoms with Crippen LogP contribution in [0, 0.1) is 0 Å². The summed E-state index contributed by atoms with van der Waals surface area (Å²) in [5.41, 5.74) is 0. The molecule has 0 bridgehead atoms. The van der Waals surface area contributed by atoms with E-state index in [1.165, 1.54) is 6.26 Å². The van der Waals surface area contributed by atoms with Crippen molar-refractivity contribution in [3.8, 4) is 0 Å². The Morgan fingerprint density at radius 1 is 1.50 bits per heavy atom. The molecule has 0 aromatic rings. The maximum absolute atomic E-state index is 10.5. The lowest BCUT2D eigenvalue weighted by atomic mass is 10.8. The maximum Gasteiger partial charge on any atom is 0.162 e. The van der Waals surface area contributed by atoms with E-state index in [1.807, 2.05) is 0 Å². The summed E-state index contributed by atoms with van der Waals surface area (Å²) in [5.74, 6) is 0. The minimum absolute atomic E-state index is 0.428. The lowest BCUT2D eigenvalue weighted by Crippen LogP contribution is -2.29. The molecular weight excluding hydrogens is 126 g/mol. The fraction of sp³-hybridized carbons (Fsp3) is 1.00. The maximum atomic E-state index is 10.5. The van der Waals surface area contributed by atoms with Crippen LogP contribution in [0.5, 0.6) is 0 Å². The van der Waals surface area contributed by atoms with E-state index < -0.39 is 15.2 Å². The molecular formula is C4H11NO2S. The molecule has 3 nitrogen and oxygen atoms in total. The van der Waals surface area contributed by atoms with E-state index in [0.717, 1.165) is 0 Å². The van der Waals surface area contributed by atoms with Gasteiger partial charge in [-0.3, -0.25) is 0 Å². The third-order valence-electron chi connectivity index (χ3n) is 1.05. The van der Waals surface area contributed by atoms with Gasteiger partial charge in [-0.2, -0.15) is 0 Å². The van der Waals surface area contributed by atoms with Crippen molar-refractivity contribution < 1.29 is 8.42 Å². The summed E-state index contributed by atoms with van der Waals surface area (Å²) in [5, 5.41) is 2.19. The van der Waals surface area contributed by atoms with Gasteiger partial charge >= 0.3 is 0 Å². The molecule has 0 aromatic heterocycles. The number of hydrogen-bond acceptors (Lipinski definition) is 3. The van der Waals surface area contributed by atoms with Crippen LogP contribution in [0.3, 0.4) is 0 Å². The van der Waals surface area contributed by atoms with Crippen LogP contribution < -0.4 is 5.32 Å². The molecule has 8 heavy (non-hydrogen) atoms. The second kappa shape index (κ2) is 2.46. The number of sulfone groups is 1. The first-order valence-corrected chi connectivity index (χ1v) is 4.30. The Morgan fingerprint density at radius 3 is 1.88 bits per heavy atom. The Morgan fingerprint density at radius 2 is 1.88 bits per heavy atom. The van der Waals surface area contributed by atoms with Crippen molar-refractivity contribution in [1.82, 2.24) is 5.32 Å². The summed E-state index contributed by atoms with van der Waals surface area (Å²) in [4.78, 5) is 0. The third kappa shape index (κ3) is 2.28. The topological polar surface area (TPSA) is 46.2 Å². The monoisotopic (exact) mass is 137 g/mol. The van der Waals surface area contributed by atoms with E-state index in [1.54, 1.807) is 14.0 Å². The number of rotatable bonds is 2. The third-order valence-corrected chi connectivity index (χ3v) is 2.57. The van der Waals surface area contributed by atoms with Crippen molar-refractivity contribution in [3.63, 3.8) is 0 Å². The fourth-order valence-corrected chi connectivity index (χ4v) is 0.642. The quantitative estimate of drug-likeness (QED) is 0.563. The molecule has 0 aliphatic rings. The molecule has 1 N–H and O–H groups in total. The SMILES string of the molecule is CN[C@H](C)S(C)(=O)=O. The Kier molecular flexibility index (Phi) is 2.43. The second-order valence-corrected chi connectivity index (χ2v) is 4.13. The van der Waals surface area contributed by atoms with Gasteiger partial charge in [-0.05, 0) is 14.0 Å². The Balaban J connectivity index is 4.04. The first-order valence-electron chi connectivity index (χ1n) is 2.34. The van der Waals surface area contributed by atoms with E-state index in [2.05, 4.69) is 5.32 Å². The van der Waals surface area contributed by atoms with Gasteiger partial charge in [0.2, 0.25) is 0 Å². The molecule has 0 aliphatic carbocycles. The van der Waals surface area contributed by atoms with Gasteiger partial charge in [-0.1, -0.05) is 0 Å². The molecule has 0 aliphatic heterocycles.